The highest BCUT2D eigenvalue weighted by molar-refractivity contribution is 5.83. The van der Waals surface area contributed by atoms with Crippen molar-refractivity contribution in [1.82, 2.24) is 5.32 Å². The minimum Gasteiger partial charge on any atom is -0.493 e. The predicted octanol–water partition coefficient (Wildman–Crippen LogP) is 3.81. The Morgan fingerprint density at radius 1 is 1.22 bits per heavy atom. The van der Waals surface area contributed by atoms with E-state index in [4.69, 9.17) is 9.47 Å². The van der Waals surface area contributed by atoms with Crippen LogP contribution in [0.2, 0.25) is 0 Å². The largest absolute Gasteiger partial charge is 0.493 e. The first kappa shape index (κ1) is 19.1. The van der Waals surface area contributed by atoms with Gasteiger partial charge in [-0.05, 0) is 48.7 Å². The van der Waals surface area contributed by atoms with Gasteiger partial charge in [0.2, 0.25) is 5.91 Å². The second-order valence-corrected chi connectivity index (χ2v) is 7.19. The second kappa shape index (κ2) is 7.91. The van der Waals surface area contributed by atoms with Crippen LogP contribution in [0.3, 0.4) is 0 Å². The van der Waals surface area contributed by atoms with Gasteiger partial charge in [-0.15, -0.1) is 0 Å². The lowest BCUT2D eigenvalue weighted by Crippen LogP contribution is -2.38. The molecule has 0 aromatic heterocycles. The average molecular weight is 368 g/mol. The molecule has 5 heteroatoms. The van der Waals surface area contributed by atoms with E-state index in [1.165, 1.54) is 5.56 Å². The molecule has 3 rings (SSSR count). The maximum absolute atomic E-state index is 12.7. The summed E-state index contributed by atoms with van der Waals surface area (Å²) in [5.41, 5.74) is 4.56. The molecule has 2 aromatic carbocycles. The van der Waals surface area contributed by atoms with E-state index >= 15 is 0 Å². The Labute approximate surface area is 161 Å². The number of para-hydroxylation sites is 1. The first-order valence-electron chi connectivity index (χ1n) is 9.30. The maximum atomic E-state index is 12.7. The van der Waals surface area contributed by atoms with Gasteiger partial charge >= 0.3 is 0 Å². The van der Waals surface area contributed by atoms with Crippen molar-refractivity contribution in [3.05, 3.63) is 53.1 Å². The Balaban J connectivity index is 1.70. The van der Waals surface area contributed by atoms with Crippen LogP contribution < -0.4 is 19.7 Å². The Morgan fingerprint density at radius 3 is 2.59 bits per heavy atom. The first-order chi connectivity index (χ1) is 12.9. The van der Waals surface area contributed by atoms with Crippen LogP contribution in [-0.2, 0) is 4.79 Å². The van der Waals surface area contributed by atoms with Crippen molar-refractivity contribution in [2.45, 2.75) is 32.7 Å². The molecule has 0 saturated heterocycles. The predicted molar refractivity (Wildman–Crippen MR) is 108 cm³/mol. The molecular weight excluding hydrogens is 340 g/mol. The van der Waals surface area contributed by atoms with E-state index in [0.29, 0.717) is 24.0 Å². The number of nitrogens with one attached hydrogen (secondary N) is 1. The molecule has 1 aliphatic heterocycles. The summed E-state index contributed by atoms with van der Waals surface area (Å²) in [6.07, 6.45) is 0. The van der Waals surface area contributed by atoms with Crippen molar-refractivity contribution >= 4 is 11.6 Å². The molecule has 1 N–H and O–H groups in total. The molecular formula is C22H28N2O3. The van der Waals surface area contributed by atoms with Gasteiger partial charge in [0.15, 0.2) is 11.5 Å². The van der Waals surface area contributed by atoms with Crippen LogP contribution in [-0.4, -0.2) is 33.2 Å². The zero-order chi connectivity index (χ0) is 19.6. The highest BCUT2D eigenvalue weighted by atomic mass is 16.5. The van der Waals surface area contributed by atoms with Crippen molar-refractivity contribution in [2.75, 3.05) is 32.2 Å². The van der Waals surface area contributed by atoms with Crippen LogP contribution >= 0.6 is 0 Å². The van der Waals surface area contributed by atoms with Crippen molar-refractivity contribution in [3.8, 4) is 11.5 Å². The standard InChI is InChI=1S/C22H28N2O3/c1-14-10-20(26-4)21(27-5)11-18(14)16(3)23-22(25)13-24-12-15(2)17-8-6-7-9-19(17)24/h6-11,15-16H,12-13H2,1-5H3,(H,23,25). The number of fused-ring (bicyclic) bond motifs is 1. The SMILES string of the molecule is COc1cc(C)c(C(C)NC(=O)CN2CC(C)c3ccccc32)cc1OC. The molecule has 2 atom stereocenters. The van der Waals surface area contributed by atoms with Crippen LogP contribution in [0, 0.1) is 6.92 Å². The van der Waals surface area contributed by atoms with Crippen LogP contribution in [0.15, 0.2) is 36.4 Å². The van der Waals surface area contributed by atoms with E-state index in [-0.39, 0.29) is 11.9 Å². The summed E-state index contributed by atoms with van der Waals surface area (Å²) in [5, 5.41) is 3.12. The van der Waals surface area contributed by atoms with Crippen LogP contribution in [0.5, 0.6) is 11.5 Å². The molecule has 0 fully saturated rings. The molecule has 0 spiro atoms. The van der Waals surface area contributed by atoms with E-state index in [9.17, 15) is 4.79 Å². The van der Waals surface area contributed by atoms with E-state index in [1.807, 2.05) is 32.0 Å². The summed E-state index contributed by atoms with van der Waals surface area (Å²) in [6, 6.07) is 12.1. The van der Waals surface area contributed by atoms with Gasteiger partial charge < -0.3 is 19.7 Å². The fourth-order valence-electron chi connectivity index (χ4n) is 3.87. The number of hydrogen-bond acceptors (Lipinski definition) is 4. The number of rotatable bonds is 6. The molecule has 0 aliphatic carbocycles. The molecule has 0 bridgehead atoms. The third-order valence-corrected chi connectivity index (χ3v) is 5.25. The van der Waals surface area contributed by atoms with Gasteiger partial charge in [0.25, 0.3) is 0 Å². The van der Waals surface area contributed by atoms with Crippen LogP contribution in [0.4, 0.5) is 5.69 Å². The monoisotopic (exact) mass is 368 g/mol. The minimum absolute atomic E-state index is 0.0144. The number of ether oxygens (including phenoxy) is 2. The number of benzene rings is 2. The molecule has 5 nitrogen and oxygen atoms in total. The smallest absolute Gasteiger partial charge is 0.239 e. The summed E-state index contributed by atoms with van der Waals surface area (Å²) in [7, 11) is 3.24. The molecule has 1 aliphatic rings. The van der Waals surface area contributed by atoms with Crippen molar-refractivity contribution < 1.29 is 14.3 Å². The number of carbonyl (C=O) groups excluding carboxylic acids is 1. The highest BCUT2D eigenvalue weighted by Crippen LogP contribution is 2.35. The lowest BCUT2D eigenvalue weighted by atomic mass is 10.0. The van der Waals surface area contributed by atoms with E-state index in [1.54, 1.807) is 14.2 Å². The van der Waals surface area contributed by atoms with Crippen molar-refractivity contribution in [1.29, 1.82) is 0 Å². The molecule has 0 radical (unpaired) electrons. The van der Waals surface area contributed by atoms with Gasteiger partial charge in [-0.3, -0.25) is 4.79 Å². The fourth-order valence-corrected chi connectivity index (χ4v) is 3.87. The third kappa shape index (κ3) is 3.87. The fraction of sp³-hybridized carbons (Fsp3) is 0.409. The van der Waals surface area contributed by atoms with Gasteiger partial charge in [0, 0.05) is 18.2 Å². The van der Waals surface area contributed by atoms with Crippen LogP contribution in [0.25, 0.3) is 0 Å². The maximum Gasteiger partial charge on any atom is 0.239 e. The van der Waals surface area contributed by atoms with Crippen molar-refractivity contribution in [3.63, 3.8) is 0 Å². The number of anilines is 1. The van der Waals surface area contributed by atoms with Crippen LogP contribution in [0.1, 0.15) is 42.5 Å². The number of amides is 1. The molecule has 27 heavy (non-hydrogen) atoms. The number of carbonyl (C=O) groups is 1. The zero-order valence-corrected chi connectivity index (χ0v) is 16.7. The second-order valence-electron chi connectivity index (χ2n) is 7.19. The Morgan fingerprint density at radius 2 is 1.89 bits per heavy atom. The van der Waals surface area contributed by atoms with E-state index in [2.05, 4.69) is 35.3 Å². The van der Waals surface area contributed by atoms with Gasteiger partial charge in [-0.25, -0.2) is 0 Å². The number of aryl methyl sites for hydroxylation is 1. The average Bonchev–Trinajstić information content (AvgIpc) is 2.97. The molecule has 144 valence electrons. The first-order valence-corrected chi connectivity index (χ1v) is 9.30. The van der Waals surface area contributed by atoms with Gasteiger partial charge in [-0.1, -0.05) is 25.1 Å². The molecule has 1 heterocycles. The number of hydrogen-bond donors (Lipinski definition) is 1. The summed E-state index contributed by atoms with van der Waals surface area (Å²) >= 11 is 0. The summed E-state index contributed by atoms with van der Waals surface area (Å²) in [6.45, 7) is 7.44. The van der Waals surface area contributed by atoms with Gasteiger partial charge in [0.05, 0.1) is 26.8 Å². The lowest BCUT2D eigenvalue weighted by Gasteiger charge is -2.22. The Kier molecular flexibility index (Phi) is 5.59. The molecule has 0 saturated carbocycles. The Hall–Kier alpha value is -2.69. The number of nitrogens with zero attached hydrogens (tertiary/aromatic N) is 1. The lowest BCUT2D eigenvalue weighted by molar-refractivity contribution is -0.120. The van der Waals surface area contributed by atoms with E-state index < -0.39 is 0 Å². The zero-order valence-electron chi connectivity index (χ0n) is 16.7. The Bertz CT molecular complexity index is 834. The minimum atomic E-state index is -0.118. The molecule has 2 unspecified atom stereocenters. The van der Waals surface area contributed by atoms with E-state index in [0.717, 1.165) is 23.4 Å². The normalized spacial score (nSPS) is 16.6. The number of methoxy groups -OCH3 is 2. The topological polar surface area (TPSA) is 50.8 Å². The summed E-state index contributed by atoms with van der Waals surface area (Å²) in [4.78, 5) is 14.8. The summed E-state index contributed by atoms with van der Waals surface area (Å²) in [5.74, 6) is 1.82. The molecule has 2 aromatic rings. The van der Waals surface area contributed by atoms with Crippen molar-refractivity contribution in [2.24, 2.45) is 0 Å². The summed E-state index contributed by atoms with van der Waals surface area (Å²) < 4.78 is 10.7. The van der Waals surface area contributed by atoms with Gasteiger partial charge in [-0.2, -0.15) is 0 Å². The quantitative estimate of drug-likeness (QED) is 0.842. The molecule has 1 amide bonds. The highest BCUT2D eigenvalue weighted by Gasteiger charge is 2.26. The third-order valence-electron chi connectivity index (χ3n) is 5.25. The van der Waals surface area contributed by atoms with Gasteiger partial charge in [0.1, 0.15) is 0 Å².